The van der Waals surface area contributed by atoms with E-state index in [4.69, 9.17) is 9.15 Å². The number of ether oxygens (including phenoxy) is 1. The van der Waals surface area contributed by atoms with Crippen LogP contribution in [0.15, 0.2) is 53.3 Å². The summed E-state index contributed by atoms with van der Waals surface area (Å²) in [6.45, 7) is 5.11. The van der Waals surface area contributed by atoms with Crippen LogP contribution >= 0.6 is 11.3 Å². The van der Waals surface area contributed by atoms with Crippen LogP contribution in [0.1, 0.15) is 51.1 Å². The molecular weight excluding hydrogens is 454 g/mol. The van der Waals surface area contributed by atoms with Gasteiger partial charge in [-0.15, -0.1) is 0 Å². The first-order valence-electron chi connectivity index (χ1n) is 11.3. The molecule has 34 heavy (non-hydrogen) atoms. The molecule has 0 N–H and O–H groups in total. The van der Waals surface area contributed by atoms with Crippen LogP contribution in [0, 0.1) is 12.8 Å². The van der Waals surface area contributed by atoms with Crippen LogP contribution in [0.3, 0.4) is 0 Å². The molecule has 0 unspecified atom stereocenters. The minimum Gasteiger partial charge on any atom is -0.472 e. The number of aromatic nitrogens is 1. The van der Waals surface area contributed by atoms with Crippen molar-refractivity contribution in [2.24, 2.45) is 5.92 Å². The Hall–Kier alpha value is -3.46. The van der Waals surface area contributed by atoms with Crippen molar-refractivity contribution in [3.8, 4) is 0 Å². The van der Waals surface area contributed by atoms with Crippen molar-refractivity contribution in [1.82, 2.24) is 9.88 Å². The molecule has 2 aromatic heterocycles. The monoisotopic (exact) mass is 481 g/mol. The predicted octanol–water partition coefficient (Wildman–Crippen LogP) is 4.31. The molecule has 1 saturated heterocycles. The summed E-state index contributed by atoms with van der Waals surface area (Å²) in [5.74, 6) is -0.812. The van der Waals surface area contributed by atoms with Gasteiger partial charge in [0, 0.05) is 19.0 Å². The van der Waals surface area contributed by atoms with Crippen molar-refractivity contribution in [1.29, 1.82) is 0 Å². The van der Waals surface area contributed by atoms with Crippen molar-refractivity contribution < 1.29 is 23.5 Å². The Morgan fingerprint density at radius 2 is 1.91 bits per heavy atom. The molecule has 0 saturated carbocycles. The Balaban J connectivity index is 1.52. The topological polar surface area (TPSA) is 93.0 Å². The number of aryl methyl sites for hydroxylation is 1. The molecule has 2 amide bonds. The van der Waals surface area contributed by atoms with Crippen LogP contribution in [-0.4, -0.2) is 47.4 Å². The maximum Gasteiger partial charge on any atom is 0.350 e. The van der Waals surface area contributed by atoms with Gasteiger partial charge in [0.15, 0.2) is 5.13 Å². The lowest BCUT2D eigenvalue weighted by molar-refractivity contribution is -0.123. The molecule has 4 rings (SSSR count). The van der Waals surface area contributed by atoms with E-state index in [0.717, 1.165) is 5.56 Å². The normalized spacial score (nSPS) is 14.1. The van der Waals surface area contributed by atoms with E-state index in [1.165, 1.54) is 23.9 Å². The Labute approximate surface area is 202 Å². The van der Waals surface area contributed by atoms with Gasteiger partial charge >= 0.3 is 5.97 Å². The molecular formula is C25H27N3O5S. The molecule has 0 radical (unpaired) electrons. The summed E-state index contributed by atoms with van der Waals surface area (Å²) < 4.78 is 10.2. The lowest BCUT2D eigenvalue weighted by atomic mass is 9.94. The number of esters is 1. The van der Waals surface area contributed by atoms with E-state index in [-0.39, 0.29) is 24.3 Å². The lowest BCUT2D eigenvalue weighted by Gasteiger charge is -2.33. The highest BCUT2D eigenvalue weighted by Gasteiger charge is 2.33. The molecule has 0 spiro atoms. The number of thiazole rings is 1. The number of carbonyl (C=O) groups is 3. The lowest BCUT2D eigenvalue weighted by Crippen LogP contribution is -2.44. The van der Waals surface area contributed by atoms with Gasteiger partial charge in [0.2, 0.25) is 5.91 Å². The maximum absolute atomic E-state index is 13.7. The van der Waals surface area contributed by atoms with Gasteiger partial charge in [0.25, 0.3) is 5.91 Å². The molecule has 9 heteroatoms. The third kappa shape index (κ3) is 5.20. The van der Waals surface area contributed by atoms with Crippen molar-refractivity contribution in [2.45, 2.75) is 33.2 Å². The Morgan fingerprint density at radius 3 is 2.56 bits per heavy atom. The molecule has 0 atom stereocenters. The van der Waals surface area contributed by atoms with Crippen molar-refractivity contribution >= 4 is 34.3 Å². The maximum atomic E-state index is 13.7. The molecule has 3 aromatic rings. The molecule has 1 aromatic carbocycles. The van der Waals surface area contributed by atoms with Crippen molar-refractivity contribution in [3.63, 3.8) is 0 Å². The quantitative estimate of drug-likeness (QED) is 0.467. The van der Waals surface area contributed by atoms with Crippen LogP contribution in [0.25, 0.3) is 0 Å². The van der Waals surface area contributed by atoms with E-state index in [1.807, 2.05) is 30.3 Å². The van der Waals surface area contributed by atoms with E-state index in [0.29, 0.717) is 53.7 Å². The highest BCUT2D eigenvalue weighted by molar-refractivity contribution is 7.17. The van der Waals surface area contributed by atoms with E-state index >= 15 is 0 Å². The minimum atomic E-state index is -0.429. The van der Waals surface area contributed by atoms with Gasteiger partial charge in [-0.3, -0.25) is 14.5 Å². The van der Waals surface area contributed by atoms with Crippen LogP contribution in [0.4, 0.5) is 5.13 Å². The zero-order chi connectivity index (χ0) is 24.1. The SMILES string of the molecule is CCOC(=O)c1sc(N(Cc2ccccc2)C(=O)C2CCN(C(=O)c3ccoc3)CC2)nc1C. The van der Waals surface area contributed by atoms with Gasteiger partial charge in [0.1, 0.15) is 11.1 Å². The Morgan fingerprint density at radius 1 is 1.18 bits per heavy atom. The average molecular weight is 482 g/mol. The number of hydrogen-bond donors (Lipinski definition) is 0. The fraction of sp³-hybridized carbons (Fsp3) is 0.360. The second kappa shape index (κ2) is 10.6. The second-order valence-electron chi connectivity index (χ2n) is 8.12. The number of hydrogen-bond acceptors (Lipinski definition) is 7. The van der Waals surface area contributed by atoms with Crippen molar-refractivity contribution in [2.75, 3.05) is 24.6 Å². The van der Waals surface area contributed by atoms with Crippen molar-refractivity contribution in [3.05, 3.63) is 70.6 Å². The number of likely N-dealkylation sites (tertiary alicyclic amines) is 1. The van der Waals surface area contributed by atoms with E-state index < -0.39 is 5.97 Å². The standard InChI is InChI=1S/C25H27N3O5S/c1-3-33-24(31)21-17(2)26-25(34-21)28(15-18-7-5-4-6-8-18)23(30)19-9-12-27(13-10-19)22(29)20-11-14-32-16-20/h4-8,11,14,16,19H,3,9-10,12-13,15H2,1-2H3. The Bertz CT molecular complexity index is 1130. The van der Waals surface area contributed by atoms with Gasteiger partial charge < -0.3 is 14.1 Å². The van der Waals surface area contributed by atoms with E-state index in [9.17, 15) is 14.4 Å². The van der Waals surface area contributed by atoms with Crippen LogP contribution in [0.2, 0.25) is 0 Å². The molecule has 178 valence electrons. The van der Waals surface area contributed by atoms with Gasteiger partial charge in [-0.05, 0) is 38.3 Å². The zero-order valence-electron chi connectivity index (χ0n) is 19.2. The number of rotatable bonds is 7. The zero-order valence-corrected chi connectivity index (χ0v) is 20.0. The summed E-state index contributed by atoms with van der Waals surface area (Å²) in [5.41, 5.74) is 2.03. The van der Waals surface area contributed by atoms with E-state index in [2.05, 4.69) is 4.98 Å². The summed E-state index contributed by atoms with van der Waals surface area (Å²) >= 11 is 1.18. The molecule has 1 aliphatic rings. The third-order valence-corrected chi connectivity index (χ3v) is 6.99. The fourth-order valence-electron chi connectivity index (χ4n) is 4.01. The fourth-order valence-corrected chi connectivity index (χ4v) is 4.97. The largest absolute Gasteiger partial charge is 0.472 e. The second-order valence-corrected chi connectivity index (χ2v) is 9.10. The molecule has 3 heterocycles. The number of carbonyl (C=O) groups excluding carboxylic acids is 3. The molecule has 0 bridgehead atoms. The predicted molar refractivity (Wildman–Crippen MR) is 128 cm³/mol. The van der Waals surface area contributed by atoms with Gasteiger partial charge in [-0.25, -0.2) is 9.78 Å². The van der Waals surface area contributed by atoms with E-state index in [1.54, 1.807) is 29.7 Å². The molecule has 8 nitrogen and oxygen atoms in total. The average Bonchev–Trinajstić information content (AvgIpc) is 3.53. The summed E-state index contributed by atoms with van der Waals surface area (Å²) in [6, 6.07) is 11.3. The first-order chi connectivity index (χ1) is 16.5. The number of anilines is 1. The van der Waals surface area contributed by atoms with Gasteiger partial charge in [-0.1, -0.05) is 41.7 Å². The van der Waals surface area contributed by atoms with Gasteiger partial charge in [-0.2, -0.15) is 0 Å². The smallest absolute Gasteiger partial charge is 0.350 e. The Kier molecular flexibility index (Phi) is 7.42. The first-order valence-corrected chi connectivity index (χ1v) is 12.1. The third-order valence-electron chi connectivity index (χ3n) is 5.83. The van der Waals surface area contributed by atoms with Crippen LogP contribution < -0.4 is 4.90 Å². The van der Waals surface area contributed by atoms with Crippen LogP contribution in [-0.2, 0) is 16.1 Å². The first kappa shape index (κ1) is 23.7. The number of piperidine rings is 1. The summed E-state index contributed by atoms with van der Waals surface area (Å²) in [7, 11) is 0. The number of benzene rings is 1. The molecule has 1 fully saturated rings. The highest BCUT2D eigenvalue weighted by atomic mass is 32.1. The summed E-state index contributed by atoms with van der Waals surface area (Å²) in [5, 5.41) is 0.478. The van der Waals surface area contributed by atoms with Gasteiger partial charge in [0.05, 0.1) is 30.7 Å². The number of furan rings is 1. The number of amides is 2. The highest BCUT2D eigenvalue weighted by Crippen LogP contribution is 2.31. The molecule has 0 aliphatic carbocycles. The summed E-state index contributed by atoms with van der Waals surface area (Å²) in [4.78, 5) is 47.0. The minimum absolute atomic E-state index is 0.0524. The summed E-state index contributed by atoms with van der Waals surface area (Å²) in [6.07, 6.45) is 4.03. The molecule has 1 aliphatic heterocycles. The van der Waals surface area contributed by atoms with Crippen LogP contribution in [0.5, 0.6) is 0 Å². The number of nitrogens with zero attached hydrogens (tertiary/aromatic N) is 3.